The number of aryl methyl sites for hydroxylation is 1. The smallest absolute Gasteiger partial charge is 0.335 e. The lowest BCUT2D eigenvalue weighted by molar-refractivity contribution is -0.154. The molecule has 5 nitrogen and oxygen atoms in total. The fourth-order valence-electron chi connectivity index (χ4n) is 6.29. The Morgan fingerprint density at radius 2 is 1.40 bits per heavy atom. The molecule has 0 aromatic heterocycles. The Hall–Kier alpha value is -4.97. The molecule has 0 spiro atoms. The van der Waals surface area contributed by atoms with Gasteiger partial charge in [-0.1, -0.05) is 110 Å². The molecule has 1 aliphatic rings. The van der Waals surface area contributed by atoms with Gasteiger partial charge in [-0.3, -0.25) is 0 Å². The van der Waals surface area contributed by atoms with Crippen LogP contribution < -0.4 is 4.74 Å². The van der Waals surface area contributed by atoms with Gasteiger partial charge in [-0.25, -0.2) is 4.79 Å². The summed E-state index contributed by atoms with van der Waals surface area (Å²) in [4.78, 5) is 12.2. The minimum Gasteiger partial charge on any atom is -0.491 e. The van der Waals surface area contributed by atoms with E-state index in [2.05, 4.69) is 104 Å². The Kier molecular flexibility index (Phi) is 10.8. The number of fused-ring (bicyclic) bond motifs is 2. The summed E-state index contributed by atoms with van der Waals surface area (Å²) in [5, 5.41) is 0. The summed E-state index contributed by atoms with van der Waals surface area (Å²) in [5.41, 5.74) is 11.6. The third kappa shape index (κ3) is 7.60. The first-order valence-corrected chi connectivity index (χ1v) is 16.7. The molecule has 0 heterocycles. The average molecular weight is 639 g/mol. The molecule has 1 aliphatic carbocycles. The third-order valence-corrected chi connectivity index (χ3v) is 8.79. The van der Waals surface area contributed by atoms with Crippen LogP contribution in [0.4, 0.5) is 0 Å². The fourth-order valence-corrected chi connectivity index (χ4v) is 6.29. The van der Waals surface area contributed by atoms with E-state index in [9.17, 15) is 4.79 Å². The minimum atomic E-state index is -0.636. The van der Waals surface area contributed by atoms with Crippen LogP contribution in [-0.2, 0) is 31.8 Å². The predicted octanol–water partition coefficient (Wildman–Crippen LogP) is 9.37. The van der Waals surface area contributed by atoms with Crippen molar-refractivity contribution >= 4 is 18.1 Å². The van der Waals surface area contributed by atoms with Gasteiger partial charge >= 0.3 is 5.97 Å². The zero-order chi connectivity index (χ0) is 33.3. The van der Waals surface area contributed by atoms with Gasteiger partial charge < -0.3 is 18.9 Å². The molecule has 0 aliphatic heterocycles. The van der Waals surface area contributed by atoms with Gasteiger partial charge in [0.2, 0.25) is 0 Å². The Balaban J connectivity index is 1.26. The molecule has 5 aromatic carbocycles. The van der Waals surface area contributed by atoms with E-state index in [1.807, 2.05) is 30.3 Å². The molecule has 0 radical (unpaired) electrons. The molecule has 48 heavy (non-hydrogen) atoms. The maximum atomic E-state index is 12.2. The van der Waals surface area contributed by atoms with Crippen molar-refractivity contribution in [1.82, 2.24) is 0 Å². The Morgan fingerprint density at radius 1 is 0.708 bits per heavy atom. The van der Waals surface area contributed by atoms with Crippen LogP contribution in [0.1, 0.15) is 53.3 Å². The molecular formula is C43H42O5. The average Bonchev–Trinajstić information content (AvgIpc) is 3.29. The van der Waals surface area contributed by atoms with Gasteiger partial charge in [0.05, 0.1) is 13.2 Å². The number of benzene rings is 5. The van der Waals surface area contributed by atoms with E-state index >= 15 is 0 Å². The van der Waals surface area contributed by atoms with Crippen LogP contribution in [0.15, 0.2) is 115 Å². The number of rotatable bonds is 13. The van der Waals surface area contributed by atoms with Crippen molar-refractivity contribution in [2.45, 2.75) is 38.9 Å². The van der Waals surface area contributed by atoms with E-state index in [-0.39, 0.29) is 12.1 Å². The maximum absolute atomic E-state index is 12.2. The monoisotopic (exact) mass is 638 g/mol. The fraction of sp³-hybridized carbons (Fsp3) is 0.233. The molecule has 0 saturated heterocycles. The quantitative estimate of drug-likeness (QED) is 0.0950. The van der Waals surface area contributed by atoms with E-state index in [0.29, 0.717) is 26.2 Å². The van der Waals surface area contributed by atoms with E-state index in [1.54, 1.807) is 6.92 Å². The molecule has 5 aromatic rings. The number of carbonyl (C=O) groups excluding carboxylic acids is 1. The molecule has 0 fully saturated rings. The third-order valence-electron chi connectivity index (χ3n) is 8.79. The molecule has 2 atom stereocenters. The SMILES string of the molecule is CCOC(=O)C(Cc1ccc(OCCOC2c3cc(-c4ccccc4)ccc3C=Cc3c(CC)cc(-c4ccccc4)cc32)cc1)OC. The van der Waals surface area contributed by atoms with E-state index in [0.717, 1.165) is 40.0 Å². The van der Waals surface area contributed by atoms with Gasteiger partial charge in [0.1, 0.15) is 18.5 Å². The molecule has 244 valence electrons. The van der Waals surface area contributed by atoms with Crippen molar-refractivity contribution in [2.24, 2.45) is 0 Å². The Morgan fingerprint density at radius 3 is 2.06 bits per heavy atom. The number of esters is 1. The van der Waals surface area contributed by atoms with E-state index < -0.39 is 6.10 Å². The van der Waals surface area contributed by atoms with Crippen molar-refractivity contribution in [3.63, 3.8) is 0 Å². The maximum Gasteiger partial charge on any atom is 0.335 e. The second-order valence-corrected chi connectivity index (χ2v) is 11.8. The molecule has 5 heteroatoms. The first-order chi connectivity index (χ1) is 23.6. The number of hydrogen-bond acceptors (Lipinski definition) is 5. The lowest BCUT2D eigenvalue weighted by Crippen LogP contribution is -2.27. The first-order valence-electron chi connectivity index (χ1n) is 16.7. The van der Waals surface area contributed by atoms with Gasteiger partial charge in [0, 0.05) is 13.5 Å². The summed E-state index contributed by atoms with van der Waals surface area (Å²) >= 11 is 0. The number of carbonyl (C=O) groups is 1. The Labute approximate surface area is 283 Å². The number of hydrogen-bond donors (Lipinski definition) is 0. The van der Waals surface area contributed by atoms with Crippen LogP contribution in [0.5, 0.6) is 5.75 Å². The molecule has 6 rings (SSSR count). The van der Waals surface area contributed by atoms with Crippen LogP contribution in [0.3, 0.4) is 0 Å². The molecule has 2 unspecified atom stereocenters. The highest BCUT2D eigenvalue weighted by molar-refractivity contribution is 5.82. The van der Waals surface area contributed by atoms with Crippen molar-refractivity contribution < 1.29 is 23.7 Å². The van der Waals surface area contributed by atoms with Crippen molar-refractivity contribution in [1.29, 1.82) is 0 Å². The zero-order valence-electron chi connectivity index (χ0n) is 27.9. The topological polar surface area (TPSA) is 54.0 Å². The molecular weight excluding hydrogens is 596 g/mol. The highest BCUT2D eigenvalue weighted by Gasteiger charge is 2.26. The summed E-state index contributed by atoms with van der Waals surface area (Å²) in [6.45, 7) is 5.10. The van der Waals surface area contributed by atoms with Crippen LogP contribution in [-0.4, -0.2) is 39.0 Å². The second-order valence-electron chi connectivity index (χ2n) is 11.8. The highest BCUT2D eigenvalue weighted by atomic mass is 16.6. The molecule has 0 bridgehead atoms. The summed E-state index contributed by atoms with van der Waals surface area (Å²) in [6.07, 6.45) is 4.90. The second kappa shape index (κ2) is 15.7. The van der Waals surface area contributed by atoms with Crippen LogP contribution in [0.25, 0.3) is 34.4 Å². The highest BCUT2D eigenvalue weighted by Crippen LogP contribution is 2.41. The lowest BCUT2D eigenvalue weighted by atomic mass is 9.88. The van der Waals surface area contributed by atoms with E-state index in [4.69, 9.17) is 18.9 Å². The molecule has 0 N–H and O–H groups in total. The minimum absolute atomic E-state index is 0.289. The molecule has 0 saturated carbocycles. The standard InChI is InChI=1S/C43H42O5/c1-4-31-27-36(33-14-10-7-11-15-33)29-40-38(31)23-20-34-18-19-35(32-12-8-6-9-13-32)28-39(34)42(40)48-25-24-47-37-21-16-30(17-22-37)26-41(45-3)43(44)46-5-2/h6-23,27-29,41-42H,4-5,24-26H2,1-3H3. The van der Waals surface area contributed by atoms with Crippen molar-refractivity contribution in [3.8, 4) is 28.0 Å². The van der Waals surface area contributed by atoms with Gasteiger partial charge in [-0.15, -0.1) is 0 Å². The van der Waals surface area contributed by atoms with Gasteiger partial charge in [0.25, 0.3) is 0 Å². The van der Waals surface area contributed by atoms with Crippen molar-refractivity contribution in [2.75, 3.05) is 26.9 Å². The summed E-state index contributed by atoms with van der Waals surface area (Å²) < 4.78 is 23.4. The summed E-state index contributed by atoms with van der Waals surface area (Å²) in [7, 11) is 1.52. The van der Waals surface area contributed by atoms with Crippen LogP contribution >= 0.6 is 0 Å². The van der Waals surface area contributed by atoms with Crippen LogP contribution in [0, 0.1) is 0 Å². The Bertz CT molecular complexity index is 1840. The lowest BCUT2D eigenvalue weighted by Gasteiger charge is -2.24. The normalized spacial score (nSPS) is 14.0. The van der Waals surface area contributed by atoms with Gasteiger partial charge in [0.15, 0.2) is 6.10 Å². The van der Waals surface area contributed by atoms with Gasteiger partial charge in [-0.05, 0) is 93.2 Å². The van der Waals surface area contributed by atoms with Gasteiger partial charge in [-0.2, -0.15) is 0 Å². The largest absolute Gasteiger partial charge is 0.491 e. The zero-order valence-corrected chi connectivity index (χ0v) is 27.9. The van der Waals surface area contributed by atoms with Crippen molar-refractivity contribution in [3.05, 3.63) is 149 Å². The number of methoxy groups -OCH3 is 1. The summed E-state index contributed by atoms with van der Waals surface area (Å²) in [5.74, 6) is 0.383. The predicted molar refractivity (Wildman–Crippen MR) is 193 cm³/mol. The van der Waals surface area contributed by atoms with Crippen LogP contribution in [0.2, 0.25) is 0 Å². The summed E-state index contributed by atoms with van der Waals surface area (Å²) in [6, 6.07) is 40.0. The molecule has 0 amide bonds. The first kappa shape index (κ1) is 33.0. The number of ether oxygens (including phenoxy) is 4. The van der Waals surface area contributed by atoms with E-state index in [1.165, 1.54) is 34.9 Å².